The van der Waals surface area contributed by atoms with Gasteiger partial charge in [-0.25, -0.2) is 0 Å². The van der Waals surface area contributed by atoms with E-state index in [9.17, 15) is 18.0 Å². The smallest absolute Gasteiger partial charge is 0.326 e. The van der Waals surface area contributed by atoms with Crippen LogP contribution in [0.25, 0.3) is 0 Å². The first kappa shape index (κ1) is 21.4. The van der Waals surface area contributed by atoms with Crippen molar-refractivity contribution in [1.82, 2.24) is 19.6 Å². The van der Waals surface area contributed by atoms with Crippen molar-refractivity contribution in [3.63, 3.8) is 0 Å². The Morgan fingerprint density at radius 2 is 2.10 bits per heavy atom. The van der Waals surface area contributed by atoms with Gasteiger partial charge in [-0.15, -0.1) is 0 Å². The molecule has 2 aromatic heterocycles. The highest BCUT2D eigenvalue weighted by Crippen LogP contribution is 2.42. The van der Waals surface area contributed by atoms with Crippen LogP contribution in [0, 0.1) is 5.92 Å². The van der Waals surface area contributed by atoms with Gasteiger partial charge in [0.05, 0.1) is 30.2 Å². The minimum Gasteiger partial charge on any atom is -0.326 e. The SMILES string of the molecule is CC(Cn1nc(C(F)(F)F)cc1C1CC1)C(=O)Nc1cccc(Cn2cc(Cl)cn2)c1. The number of halogens is 4. The molecule has 0 radical (unpaired) electrons. The molecule has 1 saturated carbocycles. The lowest BCUT2D eigenvalue weighted by atomic mass is 10.1. The maximum Gasteiger partial charge on any atom is 0.435 e. The lowest BCUT2D eigenvalue weighted by Crippen LogP contribution is -2.25. The quantitative estimate of drug-likeness (QED) is 0.552. The molecule has 0 spiro atoms. The predicted octanol–water partition coefficient (Wildman–Crippen LogP) is 4.95. The minimum absolute atomic E-state index is 0.0826. The van der Waals surface area contributed by atoms with Crippen molar-refractivity contribution in [2.75, 3.05) is 5.32 Å². The van der Waals surface area contributed by atoms with E-state index >= 15 is 0 Å². The van der Waals surface area contributed by atoms with E-state index in [1.165, 1.54) is 4.68 Å². The fourth-order valence-electron chi connectivity index (χ4n) is 3.39. The summed E-state index contributed by atoms with van der Waals surface area (Å²) in [6, 6.07) is 8.41. The molecule has 1 N–H and O–H groups in total. The Balaban J connectivity index is 1.42. The van der Waals surface area contributed by atoms with E-state index in [2.05, 4.69) is 15.5 Å². The maximum atomic E-state index is 13.1. The molecule has 3 aromatic rings. The molecule has 1 aromatic carbocycles. The summed E-state index contributed by atoms with van der Waals surface area (Å²) in [4.78, 5) is 12.7. The largest absolute Gasteiger partial charge is 0.435 e. The second kappa shape index (κ2) is 8.37. The number of carbonyl (C=O) groups excluding carboxylic acids is 1. The molecule has 10 heteroatoms. The highest BCUT2D eigenvalue weighted by atomic mass is 35.5. The molecule has 2 heterocycles. The lowest BCUT2D eigenvalue weighted by molar-refractivity contribution is -0.141. The molecule has 0 bridgehead atoms. The van der Waals surface area contributed by atoms with Crippen molar-refractivity contribution >= 4 is 23.2 Å². The van der Waals surface area contributed by atoms with Crippen LogP contribution in [-0.4, -0.2) is 25.5 Å². The van der Waals surface area contributed by atoms with Gasteiger partial charge in [0.2, 0.25) is 5.91 Å². The van der Waals surface area contributed by atoms with Crippen LogP contribution in [0.1, 0.15) is 42.6 Å². The molecule has 4 rings (SSSR count). The summed E-state index contributed by atoms with van der Waals surface area (Å²) >= 11 is 5.88. The number of benzene rings is 1. The van der Waals surface area contributed by atoms with Gasteiger partial charge < -0.3 is 5.32 Å². The molecule has 164 valence electrons. The summed E-state index contributed by atoms with van der Waals surface area (Å²) in [6.45, 7) is 2.25. The van der Waals surface area contributed by atoms with Crippen molar-refractivity contribution in [3.8, 4) is 0 Å². The number of hydrogen-bond donors (Lipinski definition) is 1. The Morgan fingerprint density at radius 3 is 2.74 bits per heavy atom. The Bertz CT molecular complexity index is 1090. The molecule has 1 aliphatic carbocycles. The van der Waals surface area contributed by atoms with E-state index in [1.807, 2.05) is 18.2 Å². The first-order valence-electron chi connectivity index (χ1n) is 9.92. The third kappa shape index (κ3) is 5.28. The van der Waals surface area contributed by atoms with Crippen LogP contribution in [0.3, 0.4) is 0 Å². The van der Waals surface area contributed by atoms with Crippen LogP contribution in [0.15, 0.2) is 42.7 Å². The molecule has 1 fully saturated rings. The van der Waals surface area contributed by atoms with Gasteiger partial charge in [-0.3, -0.25) is 14.2 Å². The zero-order chi connectivity index (χ0) is 22.2. The van der Waals surface area contributed by atoms with E-state index in [4.69, 9.17) is 11.6 Å². The van der Waals surface area contributed by atoms with E-state index in [1.54, 1.807) is 30.1 Å². The molecule has 1 atom stereocenters. The zero-order valence-corrected chi connectivity index (χ0v) is 17.5. The van der Waals surface area contributed by atoms with Gasteiger partial charge >= 0.3 is 6.18 Å². The summed E-state index contributed by atoms with van der Waals surface area (Å²) in [5, 5.41) is 11.2. The first-order valence-corrected chi connectivity index (χ1v) is 10.3. The molecule has 1 unspecified atom stereocenters. The zero-order valence-electron chi connectivity index (χ0n) is 16.7. The van der Waals surface area contributed by atoms with Gasteiger partial charge in [0.15, 0.2) is 5.69 Å². The van der Waals surface area contributed by atoms with Crippen LogP contribution in [0.5, 0.6) is 0 Å². The van der Waals surface area contributed by atoms with Crippen LogP contribution in [-0.2, 0) is 24.1 Å². The van der Waals surface area contributed by atoms with Crippen LogP contribution in [0.4, 0.5) is 18.9 Å². The summed E-state index contributed by atoms with van der Waals surface area (Å²) in [6.07, 6.45) is 0.436. The first-order chi connectivity index (χ1) is 14.7. The molecule has 1 amide bonds. The molecular formula is C21H21ClF3N5O. The maximum absolute atomic E-state index is 13.1. The van der Waals surface area contributed by atoms with Gasteiger partial charge in [-0.05, 0) is 36.6 Å². The van der Waals surface area contributed by atoms with Gasteiger partial charge in [-0.1, -0.05) is 30.7 Å². The van der Waals surface area contributed by atoms with Crippen LogP contribution in [0.2, 0.25) is 5.02 Å². The van der Waals surface area contributed by atoms with Crippen molar-refractivity contribution in [1.29, 1.82) is 0 Å². The van der Waals surface area contributed by atoms with Gasteiger partial charge in [0, 0.05) is 23.5 Å². The molecule has 6 nitrogen and oxygen atoms in total. The van der Waals surface area contributed by atoms with Crippen LogP contribution >= 0.6 is 11.6 Å². The van der Waals surface area contributed by atoms with E-state index < -0.39 is 17.8 Å². The Kier molecular flexibility index (Phi) is 5.79. The summed E-state index contributed by atoms with van der Waals surface area (Å²) in [7, 11) is 0. The number of amides is 1. The van der Waals surface area contributed by atoms with E-state index in [-0.39, 0.29) is 18.4 Å². The average molecular weight is 452 g/mol. The van der Waals surface area contributed by atoms with Crippen molar-refractivity contribution in [2.24, 2.45) is 5.92 Å². The highest BCUT2D eigenvalue weighted by Gasteiger charge is 2.38. The number of alkyl halides is 3. The molecule has 0 aliphatic heterocycles. The van der Waals surface area contributed by atoms with E-state index in [0.29, 0.717) is 22.9 Å². The van der Waals surface area contributed by atoms with Gasteiger partial charge in [0.25, 0.3) is 0 Å². The third-order valence-electron chi connectivity index (χ3n) is 5.13. The average Bonchev–Trinajstić information content (AvgIpc) is 3.32. The monoisotopic (exact) mass is 451 g/mol. The highest BCUT2D eigenvalue weighted by molar-refractivity contribution is 6.30. The third-order valence-corrected chi connectivity index (χ3v) is 5.33. The summed E-state index contributed by atoms with van der Waals surface area (Å²) in [5.74, 6) is -0.761. The Labute approximate surface area is 182 Å². The minimum atomic E-state index is -4.50. The van der Waals surface area contributed by atoms with Gasteiger partial charge in [-0.2, -0.15) is 23.4 Å². The normalized spacial score (nSPS) is 15.1. The lowest BCUT2D eigenvalue weighted by Gasteiger charge is -2.15. The van der Waals surface area contributed by atoms with Gasteiger partial charge in [0.1, 0.15) is 0 Å². The number of aromatic nitrogens is 4. The van der Waals surface area contributed by atoms with Crippen LogP contribution < -0.4 is 5.32 Å². The second-order valence-corrected chi connectivity index (χ2v) is 8.29. The molecule has 31 heavy (non-hydrogen) atoms. The Hall–Kier alpha value is -2.81. The second-order valence-electron chi connectivity index (χ2n) is 7.86. The van der Waals surface area contributed by atoms with Crippen molar-refractivity contribution in [3.05, 3.63) is 64.7 Å². The fourth-order valence-corrected chi connectivity index (χ4v) is 3.55. The number of hydrogen-bond acceptors (Lipinski definition) is 3. The molecule has 1 aliphatic rings. The summed E-state index contributed by atoms with van der Waals surface area (Å²) in [5.41, 5.74) is 1.16. The summed E-state index contributed by atoms with van der Waals surface area (Å²) < 4.78 is 42.2. The fraction of sp³-hybridized carbons (Fsp3) is 0.381. The number of rotatable bonds is 7. The standard InChI is InChI=1S/C21H21ClF3N5O/c1-13(10-30-18(15-5-6-15)8-19(28-30)21(23,24)25)20(31)27-17-4-2-3-14(7-17)11-29-12-16(22)9-26-29/h2-4,7-9,12-13,15H,5-6,10-11H2,1H3,(H,27,31). The molecular weight excluding hydrogens is 431 g/mol. The topological polar surface area (TPSA) is 64.7 Å². The predicted molar refractivity (Wildman–Crippen MR) is 110 cm³/mol. The number of carbonyl (C=O) groups is 1. The number of nitrogens with zero attached hydrogens (tertiary/aromatic N) is 4. The van der Waals surface area contributed by atoms with Crippen molar-refractivity contribution in [2.45, 2.75) is 44.9 Å². The van der Waals surface area contributed by atoms with Crippen molar-refractivity contribution < 1.29 is 18.0 Å². The molecule has 0 saturated heterocycles. The number of anilines is 1. The number of nitrogens with one attached hydrogen (secondary N) is 1. The Morgan fingerprint density at radius 1 is 1.32 bits per heavy atom. The van der Waals surface area contributed by atoms with E-state index in [0.717, 1.165) is 24.5 Å².